The molecule has 1 atom stereocenters. The standard InChI is InChI=1S/C15H27N3/c1-13(15-7-5-3-4-6-8-15)16-10-9-14-11-17-18(2)12-14/h11-13,15-16H,3-10H2,1-2H3/t13-/m0/s1. The van der Waals surface area contributed by atoms with Crippen LogP contribution in [0.5, 0.6) is 0 Å². The minimum absolute atomic E-state index is 0.666. The van der Waals surface area contributed by atoms with E-state index in [2.05, 4.69) is 23.5 Å². The van der Waals surface area contributed by atoms with E-state index in [4.69, 9.17) is 0 Å². The molecule has 0 aliphatic heterocycles. The predicted molar refractivity (Wildman–Crippen MR) is 75.6 cm³/mol. The van der Waals surface area contributed by atoms with Crippen LogP contribution in [0.25, 0.3) is 0 Å². The SMILES string of the molecule is C[C@H](NCCc1cnn(C)c1)C1CCCCCC1. The van der Waals surface area contributed by atoms with Crippen molar-refractivity contribution < 1.29 is 0 Å². The van der Waals surface area contributed by atoms with Gasteiger partial charge in [0.25, 0.3) is 0 Å². The fourth-order valence-electron chi connectivity index (χ4n) is 3.02. The molecule has 0 amide bonds. The van der Waals surface area contributed by atoms with Crippen molar-refractivity contribution in [2.75, 3.05) is 6.54 Å². The van der Waals surface area contributed by atoms with Crippen LogP contribution in [0.4, 0.5) is 0 Å². The highest BCUT2D eigenvalue weighted by Gasteiger charge is 2.18. The Morgan fingerprint density at radius 3 is 2.67 bits per heavy atom. The van der Waals surface area contributed by atoms with E-state index in [1.54, 1.807) is 0 Å². The highest BCUT2D eigenvalue weighted by molar-refractivity contribution is 5.03. The average Bonchev–Trinajstić information content (AvgIpc) is 2.63. The summed E-state index contributed by atoms with van der Waals surface area (Å²) >= 11 is 0. The molecule has 0 radical (unpaired) electrons. The molecule has 3 heteroatoms. The van der Waals surface area contributed by atoms with Gasteiger partial charge in [-0.25, -0.2) is 0 Å². The minimum Gasteiger partial charge on any atom is -0.314 e. The van der Waals surface area contributed by atoms with Gasteiger partial charge < -0.3 is 5.32 Å². The van der Waals surface area contributed by atoms with Gasteiger partial charge in [-0.1, -0.05) is 25.7 Å². The van der Waals surface area contributed by atoms with E-state index < -0.39 is 0 Å². The average molecular weight is 249 g/mol. The normalized spacial score (nSPS) is 19.7. The molecule has 1 fully saturated rings. The Balaban J connectivity index is 1.68. The van der Waals surface area contributed by atoms with Gasteiger partial charge in [0.2, 0.25) is 0 Å². The minimum atomic E-state index is 0.666. The van der Waals surface area contributed by atoms with E-state index in [0.717, 1.165) is 18.9 Å². The Labute approximate surface area is 111 Å². The second-order valence-electron chi connectivity index (χ2n) is 5.77. The van der Waals surface area contributed by atoms with Crippen molar-refractivity contribution >= 4 is 0 Å². The van der Waals surface area contributed by atoms with Crippen molar-refractivity contribution in [2.45, 2.75) is 57.9 Å². The smallest absolute Gasteiger partial charge is 0.0522 e. The van der Waals surface area contributed by atoms with Crippen molar-refractivity contribution in [1.29, 1.82) is 0 Å². The molecule has 1 heterocycles. The summed E-state index contributed by atoms with van der Waals surface area (Å²) in [5, 5.41) is 7.91. The van der Waals surface area contributed by atoms with E-state index in [1.165, 1.54) is 44.1 Å². The third-order valence-electron chi connectivity index (χ3n) is 4.25. The van der Waals surface area contributed by atoms with E-state index in [-0.39, 0.29) is 0 Å². The van der Waals surface area contributed by atoms with Crippen LogP contribution in [0.15, 0.2) is 12.4 Å². The number of nitrogens with one attached hydrogen (secondary N) is 1. The Morgan fingerprint density at radius 1 is 1.33 bits per heavy atom. The first-order chi connectivity index (χ1) is 8.75. The fraction of sp³-hybridized carbons (Fsp3) is 0.800. The molecule has 3 nitrogen and oxygen atoms in total. The second kappa shape index (κ2) is 6.93. The van der Waals surface area contributed by atoms with Gasteiger partial charge in [-0.05, 0) is 44.2 Å². The molecule has 18 heavy (non-hydrogen) atoms. The molecular weight excluding hydrogens is 222 g/mol. The van der Waals surface area contributed by atoms with E-state index in [0.29, 0.717) is 6.04 Å². The van der Waals surface area contributed by atoms with Crippen LogP contribution in [0, 0.1) is 5.92 Å². The van der Waals surface area contributed by atoms with Crippen LogP contribution in [0.3, 0.4) is 0 Å². The lowest BCUT2D eigenvalue weighted by molar-refractivity contribution is 0.339. The quantitative estimate of drug-likeness (QED) is 0.813. The highest BCUT2D eigenvalue weighted by atomic mass is 15.2. The molecule has 1 aliphatic rings. The molecule has 0 aromatic carbocycles. The highest BCUT2D eigenvalue weighted by Crippen LogP contribution is 2.25. The van der Waals surface area contributed by atoms with E-state index >= 15 is 0 Å². The third-order valence-corrected chi connectivity index (χ3v) is 4.25. The zero-order valence-electron chi connectivity index (χ0n) is 11.9. The van der Waals surface area contributed by atoms with Gasteiger partial charge in [0.15, 0.2) is 0 Å². The number of hydrogen-bond donors (Lipinski definition) is 1. The zero-order valence-corrected chi connectivity index (χ0v) is 11.9. The topological polar surface area (TPSA) is 29.9 Å². The molecule has 102 valence electrons. The van der Waals surface area contributed by atoms with Crippen LogP contribution >= 0.6 is 0 Å². The van der Waals surface area contributed by atoms with Crippen molar-refractivity contribution in [1.82, 2.24) is 15.1 Å². The largest absolute Gasteiger partial charge is 0.314 e. The number of nitrogens with zero attached hydrogens (tertiary/aromatic N) is 2. The summed E-state index contributed by atoms with van der Waals surface area (Å²) < 4.78 is 1.88. The molecule has 2 rings (SSSR count). The van der Waals surface area contributed by atoms with Crippen molar-refractivity contribution in [2.24, 2.45) is 13.0 Å². The maximum atomic E-state index is 4.21. The van der Waals surface area contributed by atoms with E-state index in [9.17, 15) is 0 Å². The molecular formula is C15H27N3. The third kappa shape index (κ3) is 4.13. The molecule has 1 aromatic rings. The number of rotatable bonds is 5. The van der Waals surface area contributed by atoms with Gasteiger partial charge in [-0.15, -0.1) is 0 Å². The Bertz CT molecular complexity index is 337. The lowest BCUT2D eigenvalue weighted by atomic mass is 9.93. The molecule has 0 unspecified atom stereocenters. The van der Waals surface area contributed by atoms with Crippen molar-refractivity contribution in [3.8, 4) is 0 Å². The summed E-state index contributed by atoms with van der Waals surface area (Å²) in [6.07, 6.45) is 13.7. The first-order valence-electron chi connectivity index (χ1n) is 7.46. The van der Waals surface area contributed by atoms with Gasteiger partial charge in [-0.2, -0.15) is 5.10 Å². The van der Waals surface area contributed by atoms with Gasteiger partial charge in [0.1, 0.15) is 0 Å². The molecule has 0 spiro atoms. The first-order valence-corrected chi connectivity index (χ1v) is 7.46. The number of hydrogen-bond acceptors (Lipinski definition) is 2. The molecule has 1 aromatic heterocycles. The lowest BCUT2D eigenvalue weighted by Crippen LogP contribution is -2.34. The fourth-order valence-corrected chi connectivity index (χ4v) is 3.02. The molecule has 1 saturated carbocycles. The summed E-state index contributed by atoms with van der Waals surface area (Å²) in [5.41, 5.74) is 1.33. The molecule has 0 bridgehead atoms. The van der Waals surface area contributed by atoms with Crippen molar-refractivity contribution in [3.05, 3.63) is 18.0 Å². The predicted octanol–water partition coefficient (Wildman–Crippen LogP) is 2.91. The van der Waals surface area contributed by atoms with Crippen LogP contribution in [-0.2, 0) is 13.5 Å². The Morgan fingerprint density at radius 2 is 2.06 bits per heavy atom. The van der Waals surface area contributed by atoms with Gasteiger partial charge in [-0.3, -0.25) is 4.68 Å². The zero-order chi connectivity index (χ0) is 12.8. The maximum Gasteiger partial charge on any atom is 0.0522 e. The van der Waals surface area contributed by atoms with Crippen LogP contribution < -0.4 is 5.32 Å². The number of aryl methyl sites for hydroxylation is 1. The summed E-state index contributed by atoms with van der Waals surface area (Å²) in [7, 11) is 1.98. The van der Waals surface area contributed by atoms with Crippen LogP contribution in [-0.4, -0.2) is 22.4 Å². The van der Waals surface area contributed by atoms with Gasteiger partial charge in [0.05, 0.1) is 6.20 Å². The second-order valence-corrected chi connectivity index (χ2v) is 5.77. The summed E-state index contributed by atoms with van der Waals surface area (Å²) in [6, 6.07) is 0.666. The van der Waals surface area contributed by atoms with Crippen molar-refractivity contribution in [3.63, 3.8) is 0 Å². The summed E-state index contributed by atoms with van der Waals surface area (Å²) in [4.78, 5) is 0. The summed E-state index contributed by atoms with van der Waals surface area (Å²) in [5.74, 6) is 0.890. The van der Waals surface area contributed by atoms with Gasteiger partial charge >= 0.3 is 0 Å². The molecule has 1 aliphatic carbocycles. The monoisotopic (exact) mass is 249 g/mol. The van der Waals surface area contributed by atoms with E-state index in [1.807, 2.05) is 17.9 Å². The lowest BCUT2D eigenvalue weighted by Gasteiger charge is -2.23. The Kier molecular flexibility index (Phi) is 5.24. The molecule has 0 saturated heterocycles. The maximum absolute atomic E-state index is 4.21. The van der Waals surface area contributed by atoms with Gasteiger partial charge in [0, 0.05) is 19.3 Å². The summed E-state index contributed by atoms with van der Waals surface area (Å²) in [6.45, 7) is 3.43. The van der Waals surface area contributed by atoms with Crippen LogP contribution in [0.1, 0.15) is 51.0 Å². The first kappa shape index (κ1) is 13.6. The van der Waals surface area contributed by atoms with Crippen LogP contribution in [0.2, 0.25) is 0 Å². The Hall–Kier alpha value is -0.830. The number of aromatic nitrogens is 2. The molecule has 1 N–H and O–H groups in total.